The molecule has 32 heavy (non-hydrogen) atoms. The van der Waals surface area contributed by atoms with Gasteiger partial charge in [-0.15, -0.1) is 11.8 Å². The molecule has 1 fully saturated rings. The van der Waals surface area contributed by atoms with Gasteiger partial charge in [-0.25, -0.2) is 18.7 Å². The minimum absolute atomic E-state index is 0.0320. The van der Waals surface area contributed by atoms with E-state index in [1.807, 2.05) is 6.26 Å². The average molecular weight is 536 g/mol. The smallest absolute Gasteiger partial charge is 0.390 e. The first-order valence-corrected chi connectivity index (χ1v) is 14.2. The molecule has 0 spiro atoms. The van der Waals surface area contributed by atoms with Gasteiger partial charge >= 0.3 is 23.5 Å². The zero-order valence-electron chi connectivity index (χ0n) is 16.1. The molecule has 1 aliphatic heterocycles. The molecular weight excluding hydrogens is 517 g/mol. The van der Waals surface area contributed by atoms with Crippen molar-refractivity contribution >= 4 is 52.2 Å². The number of nitrogens with two attached hydrogens (primary N) is 1. The Balaban J connectivity index is 1.68. The monoisotopic (exact) mass is 536 g/mol. The van der Waals surface area contributed by atoms with E-state index in [0.29, 0.717) is 16.1 Å². The number of anilines is 1. The number of thioether (sulfide) groups is 1. The molecule has 3 heterocycles. The van der Waals surface area contributed by atoms with E-state index in [0.717, 1.165) is 0 Å². The van der Waals surface area contributed by atoms with Crippen LogP contribution in [0.3, 0.4) is 0 Å². The fourth-order valence-electron chi connectivity index (χ4n) is 2.92. The summed E-state index contributed by atoms with van der Waals surface area (Å²) in [6.45, 7) is -0.770. The summed E-state index contributed by atoms with van der Waals surface area (Å²) in [4.78, 5) is 44.1. The van der Waals surface area contributed by atoms with Crippen LogP contribution in [-0.4, -0.2) is 64.3 Å². The first kappa shape index (κ1) is 25.7. The Morgan fingerprint density at radius 2 is 1.91 bits per heavy atom. The molecule has 0 aliphatic carbocycles. The van der Waals surface area contributed by atoms with Crippen molar-refractivity contribution in [3.05, 3.63) is 12.3 Å². The first-order chi connectivity index (χ1) is 14.7. The van der Waals surface area contributed by atoms with Gasteiger partial charge in [0.2, 0.25) is 5.95 Å². The van der Waals surface area contributed by atoms with Crippen molar-refractivity contribution in [2.75, 3.05) is 18.6 Å². The molecule has 0 radical (unpaired) electrons. The van der Waals surface area contributed by atoms with E-state index >= 15 is 0 Å². The molecule has 16 nitrogen and oxygen atoms in total. The standard InChI is InChI=1S/C12H19N4O12P3S/c1-32-11-6-2-3-16(10(6)14-12(13)15-11)9-4-7(17)8(26-9)5-25-30(21,22)28-31(23,24)27-29(18,19)20/h2-3,7-9,17H,4-5H2,1H3,(H,21,22)(H,23,24)(H2,13,14,15)(H2,18,19,20). The van der Waals surface area contributed by atoms with Crippen LogP contribution in [0.25, 0.3) is 11.0 Å². The number of ether oxygens (including phenoxy) is 1. The van der Waals surface area contributed by atoms with Gasteiger partial charge in [-0.2, -0.15) is 13.6 Å². The first-order valence-electron chi connectivity index (χ1n) is 8.49. The second-order valence-corrected chi connectivity index (χ2v) is 11.6. The van der Waals surface area contributed by atoms with Crippen LogP contribution >= 0.6 is 35.2 Å². The van der Waals surface area contributed by atoms with Crippen LogP contribution in [0.5, 0.6) is 0 Å². The number of nitrogens with zero attached hydrogens (tertiary/aromatic N) is 3. The summed E-state index contributed by atoms with van der Waals surface area (Å²) in [7, 11) is -16.5. The topological polar surface area (TPSA) is 246 Å². The number of fused-ring (bicyclic) bond motifs is 1. The molecule has 2 aromatic heterocycles. The molecule has 3 rings (SSSR count). The van der Waals surface area contributed by atoms with Gasteiger partial charge in [0.1, 0.15) is 23.0 Å². The largest absolute Gasteiger partial charge is 0.490 e. The van der Waals surface area contributed by atoms with Crippen molar-refractivity contribution in [3.8, 4) is 0 Å². The van der Waals surface area contributed by atoms with Gasteiger partial charge in [0.15, 0.2) is 0 Å². The third-order valence-electron chi connectivity index (χ3n) is 4.08. The molecule has 2 aromatic rings. The van der Waals surface area contributed by atoms with Crippen molar-refractivity contribution in [1.82, 2.24) is 14.5 Å². The molecule has 1 aliphatic rings. The molecular formula is C12H19N4O12P3S. The fraction of sp³-hybridized carbons (Fsp3) is 0.500. The number of aromatic nitrogens is 3. The number of aliphatic hydroxyl groups is 1. The highest BCUT2D eigenvalue weighted by Gasteiger charge is 2.43. The zero-order chi connectivity index (χ0) is 23.9. The molecule has 5 atom stereocenters. The molecule has 0 saturated carbocycles. The molecule has 1 saturated heterocycles. The van der Waals surface area contributed by atoms with Gasteiger partial charge in [0.25, 0.3) is 0 Å². The van der Waals surface area contributed by atoms with Crippen molar-refractivity contribution in [3.63, 3.8) is 0 Å². The van der Waals surface area contributed by atoms with E-state index in [4.69, 9.17) is 25.2 Å². The Labute approximate surface area is 184 Å². The number of aliphatic hydroxyl groups excluding tert-OH is 1. The molecule has 5 unspecified atom stereocenters. The summed E-state index contributed by atoms with van der Waals surface area (Å²) in [5.41, 5.74) is 6.17. The van der Waals surface area contributed by atoms with Crippen LogP contribution in [0, 0.1) is 0 Å². The van der Waals surface area contributed by atoms with Crippen molar-refractivity contribution in [2.45, 2.75) is 29.9 Å². The molecule has 0 amide bonds. The predicted octanol–water partition coefficient (Wildman–Crippen LogP) is 0.727. The van der Waals surface area contributed by atoms with Crippen LogP contribution in [0.2, 0.25) is 0 Å². The van der Waals surface area contributed by atoms with Crippen LogP contribution < -0.4 is 5.73 Å². The predicted molar refractivity (Wildman–Crippen MR) is 108 cm³/mol. The van der Waals surface area contributed by atoms with Crippen LogP contribution in [0.4, 0.5) is 5.95 Å². The SMILES string of the molecule is CSc1nc(N)nc2c1ccn2C1CC(O)C(COP(=O)(O)OP(=O)(O)OP(=O)(O)O)O1. The van der Waals surface area contributed by atoms with Crippen molar-refractivity contribution in [1.29, 1.82) is 0 Å². The number of hydrogen-bond acceptors (Lipinski definition) is 12. The molecule has 0 aromatic carbocycles. The van der Waals surface area contributed by atoms with Crippen molar-refractivity contribution in [2.24, 2.45) is 0 Å². The maximum absolute atomic E-state index is 11.8. The second-order valence-electron chi connectivity index (χ2n) is 6.37. The minimum Gasteiger partial charge on any atom is -0.390 e. The van der Waals surface area contributed by atoms with Gasteiger partial charge in [-0.3, -0.25) is 4.52 Å². The van der Waals surface area contributed by atoms with E-state index in [-0.39, 0.29) is 12.4 Å². The summed E-state index contributed by atoms with van der Waals surface area (Å²) in [6, 6.07) is 1.73. The lowest BCUT2D eigenvalue weighted by Gasteiger charge is -2.19. The van der Waals surface area contributed by atoms with E-state index < -0.39 is 48.5 Å². The lowest BCUT2D eigenvalue weighted by Crippen LogP contribution is -2.26. The van der Waals surface area contributed by atoms with Gasteiger partial charge in [-0.05, 0) is 12.3 Å². The molecule has 7 N–H and O–H groups in total. The minimum atomic E-state index is -5.64. The van der Waals surface area contributed by atoms with Crippen LogP contribution in [0.1, 0.15) is 12.6 Å². The highest BCUT2D eigenvalue weighted by atomic mass is 32.2. The summed E-state index contributed by atoms with van der Waals surface area (Å²) in [6.07, 6.45) is 0.382. The Morgan fingerprint density at radius 1 is 1.22 bits per heavy atom. The van der Waals surface area contributed by atoms with Gasteiger partial charge in [0.05, 0.1) is 18.1 Å². The van der Waals surface area contributed by atoms with Gasteiger partial charge in [0, 0.05) is 12.6 Å². The third kappa shape index (κ3) is 6.36. The Bertz CT molecular complexity index is 1140. The van der Waals surface area contributed by atoms with E-state index in [1.165, 1.54) is 11.8 Å². The maximum atomic E-state index is 11.8. The second kappa shape index (κ2) is 9.39. The summed E-state index contributed by atoms with van der Waals surface area (Å²) in [5, 5.41) is 11.6. The highest BCUT2D eigenvalue weighted by molar-refractivity contribution is 7.98. The van der Waals surface area contributed by atoms with E-state index in [9.17, 15) is 23.7 Å². The summed E-state index contributed by atoms with van der Waals surface area (Å²) >= 11 is 1.36. The average Bonchev–Trinajstić information content (AvgIpc) is 3.19. The molecule has 20 heteroatoms. The summed E-state index contributed by atoms with van der Waals surface area (Å²) < 4.78 is 52.9. The lowest BCUT2D eigenvalue weighted by molar-refractivity contribution is -0.0421. The Hall–Kier alpha value is -0.900. The number of rotatable bonds is 9. The van der Waals surface area contributed by atoms with Gasteiger partial charge in [-0.1, -0.05) is 0 Å². The number of hydrogen-bond donors (Lipinski definition) is 6. The van der Waals surface area contributed by atoms with Crippen LogP contribution in [0.15, 0.2) is 17.3 Å². The van der Waals surface area contributed by atoms with Crippen molar-refractivity contribution < 1.29 is 56.3 Å². The normalized spacial score (nSPS) is 25.6. The van der Waals surface area contributed by atoms with Crippen LogP contribution in [-0.2, 0) is 31.6 Å². The Morgan fingerprint density at radius 3 is 2.53 bits per heavy atom. The molecule has 0 bridgehead atoms. The van der Waals surface area contributed by atoms with E-state index in [1.54, 1.807) is 16.8 Å². The number of phosphoric acid groups is 3. The molecule has 180 valence electrons. The summed E-state index contributed by atoms with van der Waals surface area (Å²) in [5.74, 6) is 0.0320. The number of phosphoric ester groups is 1. The number of nitrogen functional groups attached to an aromatic ring is 1. The Kier molecular flexibility index (Phi) is 7.55. The van der Waals surface area contributed by atoms with Gasteiger partial charge < -0.3 is 39.7 Å². The third-order valence-corrected chi connectivity index (χ3v) is 8.58. The fourth-order valence-corrected chi connectivity index (χ4v) is 6.51. The van der Waals surface area contributed by atoms with E-state index in [2.05, 4.69) is 23.1 Å². The maximum Gasteiger partial charge on any atom is 0.490 e. The quantitative estimate of drug-likeness (QED) is 0.147. The zero-order valence-corrected chi connectivity index (χ0v) is 19.6. The highest BCUT2D eigenvalue weighted by Crippen LogP contribution is 2.66. The lowest BCUT2D eigenvalue weighted by atomic mass is 10.2.